The van der Waals surface area contributed by atoms with E-state index in [1.54, 1.807) is 13.2 Å². The van der Waals surface area contributed by atoms with Crippen molar-refractivity contribution in [1.82, 2.24) is 15.3 Å². The number of carboxylic acid groups (broad SMARTS) is 1. The number of benzene rings is 1. The van der Waals surface area contributed by atoms with Crippen molar-refractivity contribution in [3.8, 4) is 5.75 Å². The van der Waals surface area contributed by atoms with E-state index in [0.29, 0.717) is 36.2 Å². The van der Waals surface area contributed by atoms with E-state index in [2.05, 4.69) is 15.3 Å². The van der Waals surface area contributed by atoms with Crippen LogP contribution in [0.2, 0.25) is 5.02 Å². The summed E-state index contributed by atoms with van der Waals surface area (Å²) < 4.78 is 5.15. The molecule has 9 heteroatoms. The number of nitrogens with zero attached hydrogens (tertiary/aromatic N) is 3. The standard InChI is InChI=1S/C18H21ClN4O4/c1-27-15-3-2-11(16(19)5-15)6-20-13-4-14(10-24)23(9-13)18-21-7-12(8-22-18)17(25)26/h2-3,5,7-8,13-14,20,24H,4,6,9-10H2,1H3,(H,25,26). The van der Waals surface area contributed by atoms with Crippen molar-refractivity contribution >= 4 is 23.5 Å². The highest BCUT2D eigenvalue weighted by molar-refractivity contribution is 6.31. The number of hydrogen-bond donors (Lipinski definition) is 3. The van der Waals surface area contributed by atoms with E-state index < -0.39 is 5.97 Å². The first kappa shape index (κ1) is 19.3. The number of nitrogens with one attached hydrogen (secondary N) is 1. The molecule has 0 spiro atoms. The number of methoxy groups -OCH3 is 1. The van der Waals surface area contributed by atoms with Crippen LogP contribution >= 0.6 is 11.6 Å². The summed E-state index contributed by atoms with van der Waals surface area (Å²) in [5.74, 6) is 0.0431. The number of anilines is 1. The third-order valence-corrected chi connectivity index (χ3v) is 4.96. The lowest BCUT2D eigenvalue weighted by Gasteiger charge is -2.22. The van der Waals surface area contributed by atoms with Crippen LogP contribution in [0.1, 0.15) is 22.3 Å². The Morgan fingerprint density at radius 3 is 2.74 bits per heavy atom. The highest BCUT2D eigenvalue weighted by atomic mass is 35.5. The van der Waals surface area contributed by atoms with E-state index in [4.69, 9.17) is 21.4 Å². The van der Waals surface area contributed by atoms with Gasteiger partial charge in [-0.3, -0.25) is 0 Å². The van der Waals surface area contributed by atoms with Crippen molar-refractivity contribution in [2.75, 3.05) is 25.2 Å². The summed E-state index contributed by atoms with van der Waals surface area (Å²) in [5.41, 5.74) is 0.987. The predicted molar refractivity (Wildman–Crippen MR) is 100 cm³/mol. The molecule has 144 valence electrons. The molecule has 2 atom stereocenters. The zero-order chi connectivity index (χ0) is 19.4. The lowest BCUT2D eigenvalue weighted by molar-refractivity contribution is 0.0696. The molecule has 1 aromatic carbocycles. The highest BCUT2D eigenvalue weighted by Gasteiger charge is 2.33. The summed E-state index contributed by atoms with van der Waals surface area (Å²) in [4.78, 5) is 21.1. The number of rotatable bonds is 7. The third kappa shape index (κ3) is 4.47. The van der Waals surface area contributed by atoms with Crippen LogP contribution in [0.4, 0.5) is 5.95 Å². The van der Waals surface area contributed by atoms with Gasteiger partial charge < -0.3 is 25.2 Å². The Morgan fingerprint density at radius 1 is 1.41 bits per heavy atom. The molecule has 1 aromatic heterocycles. The average molecular weight is 393 g/mol. The first-order chi connectivity index (χ1) is 13.0. The number of carbonyl (C=O) groups is 1. The molecule has 0 saturated carbocycles. The number of aromatic carboxylic acids is 1. The normalized spacial score (nSPS) is 19.3. The SMILES string of the molecule is COc1ccc(CNC2CC(CO)N(c3ncc(C(=O)O)cn3)C2)c(Cl)c1. The summed E-state index contributed by atoms with van der Waals surface area (Å²) in [6.45, 7) is 1.15. The van der Waals surface area contributed by atoms with Crippen LogP contribution in [0.15, 0.2) is 30.6 Å². The number of ether oxygens (including phenoxy) is 1. The Bertz CT molecular complexity index is 802. The van der Waals surface area contributed by atoms with Crippen molar-refractivity contribution < 1.29 is 19.7 Å². The van der Waals surface area contributed by atoms with Gasteiger partial charge in [-0.2, -0.15) is 0 Å². The summed E-state index contributed by atoms with van der Waals surface area (Å²) >= 11 is 6.28. The van der Waals surface area contributed by atoms with Crippen LogP contribution < -0.4 is 15.0 Å². The molecule has 0 amide bonds. The quantitative estimate of drug-likeness (QED) is 0.651. The van der Waals surface area contributed by atoms with Gasteiger partial charge in [0.1, 0.15) is 5.75 Å². The maximum atomic E-state index is 10.9. The Hall–Kier alpha value is -2.42. The van der Waals surface area contributed by atoms with Gasteiger partial charge in [-0.05, 0) is 24.1 Å². The number of aliphatic hydroxyl groups excluding tert-OH is 1. The predicted octanol–water partition coefficient (Wildman–Crippen LogP) is 1.57. The average Bonchev–Trinajstić information content (AvgIpc) is 3.10. The molecule has 3 rings (SSSR count). The van der Waals surface area contributed by atoms with E-state index >= 15 is 0 Å². The second-order valence-corrected chi connectivity index (χ2v) is 6.74. The molecule has 0 aliphatic carbocycles. The van der Waals surface area contributed by atoms with Crippen molar-refractivity contribution in [3.63, 3.8) is 0 Å². The minimum atomic E-state index is -1.07. The minimum absolute atomic E-state index is 0.0299. The molecular formula is C18H21ClN4O4. The van der Waals surface area contributed by atoms with Gasteiger partial charge in [-0.25, -0.2) is 14.8 Å². The van der Waals surface area contributed by atoms with Crippen LogP contribution in [0.25, 0.3) is 0 Å². The first-order valence-corrected chi connectivity index (χ1v) is 8.88. The fourth-order valence-corrected chi connectivity index (χ4v) is 3.35. The lowest BCUT2D eigenvalue weighted by atomic mass is 10.1. The maximum absolute atomic E-state index is 10.9. The number of hydrogen-bond acceptors (Lipinski definition) is 7. The van der Waals surface area contributed by atoms with Gasteiger partial charge >= 0.3 is 5.97 Å². The fraction of sp³-hybridized carbons (Fsp3) is 0.389. The number of aliphatic hydroxyl groups is 1. The minimum Gasteiger partial charge on any atom is -0.497 e. The van der Waals surface area contributed by atoms with Gasteiger partial charge in [0.25, 0.3) is 0 Å². The summed E-state index contributed by atoms with van der Waals surface area (Å²) in [7, 11) is 1.59. The van der Waals surface area contributed by atoms with Gasteiger partial charge in [-0.15, -0.1) is 0 Å². The van der Waals surface area contributed by atoms with Crippen LogP contribution in [0.3, 0.4) is 0 Å². The zero-order valence-corrected chi connectivity index (χ0v) is 15.6. The van der Waals surface area contributed by atoms with Gasteiger partial charge in [0.2, 0.25) is 5.95 Å². The smallest absolute Gasteiger partial charge is 0.338 e. The molecule has 1 aliphatic rings. The van der Waals surface area contributed by atoms with Crippen molar-refractivity contribution in [1.29, 1.82) is 0 Å². The number of aromatic nitrogens is 2. The van der Waals surface area contributed by atoms with Crippen molar-refractivity contribution in [2.24, 2.45) is 0 Å². The van der Waals surface area contributed by atoms with Crippen LogP contribution in [0, 0.1) is 0 Å². The Kier molecular flexibility index (Phi) is 6.10. The van der Waals surface area contributed by atoms with Gasteiger partial charge in [0.15, 0.2) is 0 Å². The molecule has 2 heterocycles. The molecule has 1 fully saturated rings. The highest BCUT2D eigenvalue weighted by Crippen LogP contribution is 2.25. The largest absolute Gasteiger partial charge is 0.497 e. The van der Waals surface area contributed by atoms with Gasteiger partial charge in [0, 0.05) is 36.5 Å². The summed E-state index contributed by atoms with van der Waals surface area (Å²) in [6, 6.07) is 5.53. The molecule has 1 aliphatic heterocycles. The Morgan fingerprint density at radius 2 is 2.15 bits per heavy atom. The molecule has 0 bridgehead atoms. The molecule has 0 radical (unpaired) electrons. The van der Waals surface area contributed by atoms with Crippen LogP contribution in [-0.4, -0.2) is 58.5 Å². The van der Waals surface area contributed by atoms with E-state index in [1.807, 2.05) is 17.0 Å². The molecule has 8 nitrogen and oxygen atoms in total. The second-order valence-electron chi connectivity index (χ2n) is 6.34. The molecular weight excluding hydrogens is 372 g/mol. The number of carboxylic acids is 1. The monoisotopic (exact) mass is 392 g/mol. The lowest BCUT2D eigenvalue weighted by Crippen LogP contribution is -2.35. The van der Waals surface area contributed by atoms with Gasteiger partial charge in [-0.1, -0.05) is 17.7 Å². The van der Waals surface area contributed by atoms with E-state index in [0.717, 1.165) is 5.56 Å². The van der Waals surface area contributed by atoms with Crippen LogP contribution in [0.5, 0.6) is 5.75 Å². The summed E-state index contributed by atoms with van der Waals surface area (Å²) in [6.07, 6.45) is 3.27. The maximum Gasteiger partial charge on any atom is 0.338 e. The molecule has 27 heavy (non-hydrogen) atoms. The van der Waals surface area contributed by atoms with Crippen molar-refractivity contribution in [2.45, 2.75) is 25.0 Å². The molecule has 2 aromatic rings. The summed E-state index contributed by atoms with van der Waals surface area (Å²) in [5, 5.41) is 22.7. The van der Waals surface area contributed by atoms with Crippen molar-refractivity contribution in [3.05, 3.63) is 46.7 Å². The van der Waals surface area contributed by atoms with E-state index in [-0.39, 0.29) is 24.3 Å². The molecule has 3 N–H and O–H groups in total. The Labute approximate surface area is 161 Å². The van der Waals surface area contributed by atoms with E-state index in [1.165, 1.54) is 12.4 Å². The Balaban J connectivity index is 1.64. The first-order valence-electron chi connectivity index (χ1n) is 8.50. The number of halogens is 1. The fourth-order valence-electron chi connectivity index (χ4n) is 3.12. The van der Waals surface area contributed by atoms with E-state index in [9.17, 15) is 9.90 Å². The second kappa shape index (κ2) is 8.51. The molecule has 2 unspecified atom stereocenters. The molecule has 1 saturated heterocycles. The third-order valence-electron chi connectivity index (χ3n) is 4.61. The van der Waals surface area contributed by atoms with Gasteiger partial charge in [0.05, 0.1) is 25.3 Å². The zero-order valence-electron chi connectivity index (χ0n) is 14.8. The topological polar surface area (TPSA) is 108 Å². The van der Waals surface area contributed by atoms with Crippen LogP contribution in [-0.2, 0) is 6.54 Å².